The average Bonchev–Trinajstić information content (AvgIpc) is 3.00. The van der Waals surface area contributed by atoms with Gasteiger partial charge in [0.2, 0.25) is 11.8 Å². The summed E-state index contributed by atoms with van der Waals surface area (Å²) in [5, 5.41) is 10.9. The first-order valence-electron chi connectivity index (χ1n) is 9.40. The summed E-state index contributed by atoms with van der Waals surface area (Å²) >= 11 is 0. The second kappa shape index (κ2) is 6.40. The van der Waals surface area contributed by atoms with E-state index in [1.807, 2.05) is 56.0 Å². The summed E-state index contributed by atoms with van der Waals surface area (Å²) in [6, 6.07) is 9.34. The average molecular weight is 367 g/mol. The van der Waals surface area contributed by atoms with Crippen LogP contribution in [0.3, 0.4) is 0 Å². The lowest BCUT2D eigenvalue weighted by atomic mass is 9.84. The Bertz CT molecular complexity index is 896. The van der Waals surface area contributed by atoms with Crippen molar-refractivity contribution < 1.29 is 9.59 Å². The number of nitrogens with zero attached hydrogens (tertiary/aromatic N) is 3. The van der Waals surface area contributed by atoms with Crippen molar-refractivity contribution in [2.24, 2.45) is 0 Å². The van der Waals surface area contributed by atoms with Crippen LogP contribution in [0, 0.1) is 13.8 Å². The highest BCUT2D eigenvalue weighted by atomic mass is 16.2. The molecule has 0 aliphatic carbocycles. The van der Waals surface area contributed by atoms with Crippen molar-refractivity contribution in [3.05, 3.63) is 41.7 Å². The molecule has 0 bridgehead atoms. The van der Waals surface area contributed by atoms with E-state index in [4.69, 9.17) is 0 Å². The molecule has 2 aromatic rings. The number of aromatic nitrogens is 2. The van der Waals surface area contributed by atoms with Gasteiger partial charge in [0, 0.05) is 18.8 Å². The normalized spacial score (nSPS) is 19.2. The summed E-state index contributed by atoms with van der Waals surface area (Å²) in [4.78, 5) is 27.5. The number of amides is 2. The number of carbonyl (C=O) groups is 2. The maximum atomic E-state index is 13.0. The molecule has 3 heterocycles. The first-order valence-corrected chi connectivity index (χ1v) is 9.40. The van der Waals surface area contributed by atoms with Crippen LogP contribution in [0.15, 0.2) is 30.3 Å². The maximum Gasteiger partial charge on any atom is 0.250 e. The lowest BCUT2D eigenvalue weighted by Gasteiger charge is -2.44. The highest BCUT2D eigenvalue weighted by Crippen LogP contribution is 2.36. The summed E-state index contributed by atoms with van der Waals surface area (Å²) in [7, 11) is 0. The summed E-state index contributed by atoms with van der Waals surface area (Å²) in [5.41, 5.74) is 2.99. The molecule has 7 nitrogen and oxygen atoms in total. The predicted molar refractivity (Wildman–Crippen MR) is 104 cm³/mol. The van der Waals surface area contributed by atoms with Crippen molar-refractivity contribution in [2.75, 3.05) is 23.7 Å². The highest BCUT2D eigenvalue weighted by molar-refractivity contribution is 6.06. The largest absolute Gasteiger partial charge is 0.369 e. The molecule has 1 unspecified atom stereocenters. The second-order valence-corrected chi connectivity index (χ2v) is 7.58. The van der Waals surface area contributed by atoms with Gasteiger partial charge in [0.05, 0.1) is 17.1 Å². The third-order valence-corrected chi connectivity index (χ3v) is 5.68. The maximum absolute atomic E-state index is 13.0. The Labute approximate surface area is 158 Å². The Morgan fingerprint density at radius 1 is 1.19 bits per heavy atom. The van der Waals surface area contributed by atoms with Gasteiger partial charge in [0.1, 0.15) is 11.6 Å². The lowest BCUT2D eigenvalue weighted by molar-refractivity contribution is -0.137. The van der Waals surface area contributed by atoms with Gasteiger partial charge < -0.3 is 15.5 Å². The van der Waals surface area contributed by atoms with Crippen molar-refractivity contribution in [3.63, 3.8) is 0 Å². The number of benzene rings is 1. The topological polar surface area (TPSA) is 79.3 Å². The minimum Gasteiger partial charge on any atom is -0.369 e. The molecule has 0 radical (unpaired) electrons. The van der Waals surface area contributed by atoms with Crippen molar-refractivity contribution >= 4 is 23.2 Å². The Hall–Kier alpha value is -2.83. The molecule has 4 rings (SSSR count). The van der Waals surface area contributed by atoms with Gasteiger partial charge >= 0.3 is 0 Å². The van der Waals surface area contributed by atoms with E-state index in [0.29, 0.717) is 25.9 Å². The molecule has 2 amide bonds. The van der Waals surface area contributed by atoms with Crippen LogP contribution in [0.25, 0.3) is 0 Å². The number of carbonyl (C=O) groups excluding carboxylic acids is 2. The van der Waals surface area contributed by atoms with Crippen LogP contribution in [-0.2, 0) is 9.59 Å². The monoisotopic (exact) mass is 367 g/mol. The summed E-state index contributed by atoms with van der Waals surface area (Å²) in [6.45, 7) is 6.86. The van der Waals surface area contributed by atoms with Gasteiger partial charge in [-0.25, -0.2) is 0 Å². The third kappa shape index (κ3) is 2.97. The fourth-order valence-corrected chi connectivity index (χ4v) is 4.13. The van der Waals surface area contributed by atoms with Crippen molar-refractivity contribution in [2.45, 2.75) is 45.2 Å². The standard InChI is InChI=1S/C20H25N5O2/c1-13-12-14(2)25(23-13)15(3)18(26)24-10-8-20(9-11-24)19(27)21-16-6-4-5-7-17(16)22-20/h4-7,12,15,22H,8-11H2,1-3H3,(H,21,27). The molecule has 2 N–H and O–H groups in total. The number of rotatable bonds is 2. The van der Waals surface area contributed by atoms with Gasteiger partial charge in [0.25, 0.3) is 0 Å². The Kier molecular flexibility index (Phi) is 4.17. The number of anilines is 2. The van der Waals surface area contributed by atoms with E-state index in [1.54, 1.807) is 4.68 Å². The van der Waals surface area contributed by atoms with Gasteiger partial charge in [-0.15, -0.1) is 0 Å². The van der Waals surface area contributed by atoms with Crippen LogP contribution in [-0.4, -0.2) is 45.1 Å². The van der Waals surface area contributed by atoms with Crippen LogP contribution in [0.1, 0.15) is 37.2 Å². The summed E-state index contributed by atoms with van der Waals surface area (Å²) < 4.78 is 1.78. The minimum atomic E-state index is -0.646. The molecule has 2 aliphatic heterocycles. The van der Waals surface area contributed by atoms with Gasteiger partial charge in [-0.1, -0.05) is 12.1 Å². The Morgan fingerprint density at radius 2 is 1.85 bits per heavy atom. The Balaban J connectivity index is 1.47. The minimum absolute atomic E-state index is 0.0140. The third-order valence-electron chi connectivity index (χ3n) is 5.68. The molecule has 7 heteroatoms. The quantitative estimate of drug-likeness (QED) is 0.855. The molecule has 27 heavy (non-hydrogen) atoms. The van der Waals surface area contributed by atoms with Crippen LogP contribution in [0.4, 0.5) is 11.4 Å². The zero-order valence-corrected chi connectivity index (χ0v) is 16.0. The van der Waals surface area contributed by atoms with E-state index < -0.39 is 5.54 Å². The fourth-order valence-electron chi connectivity index (χ4n) is 4.13. The number of nitrogens with one attached hydrogen (secondary N) is 2. The molecule has 1 saturated heterocycles. The van der Waals surface area contributed by atoms with E-state index >= 15 is 0 Å². The predicted octanol–water partition coefficient (Wildman–Crippen LogP) is 2.49. The Morgan fingerprint density at radius 3 is 2.48 bits per heavy atom. The fraction of sp³-hybridized carbons (Fsp3) is 0.450. The number of hydrogen-bond acceptors (Lipinski definition) is 4. The van der Waals surface area contributed by atoms with E-state index in [9.17, 15) is 9.59 Å². The molecule has 1 aromatic carbocycles. The molecular weight excluding hydrogens is 342 g/mol. The molecule has 1 atom stereocenters. The SMILES string of the molecule is Cc1cc(C)n(C(C)C(=O)N2CCC3(CC2)Nc2ccccc2NC3=O)n1. The molecule has 2 aliphatic rings. The van der Waals surface area contributed by atoms with Crippen molar-refractivity contribution in [1.82, 2.24) is 14.7 Å². The van der Waals surface area contributed by atoms with E-state index in [2.05, 4.69) is 15.7 Å². The molecule has 1 spiro atoms. The van der Waals surface area contributed by atoms with Crippen molar-refractivity contribution in [3.8, 4) is 0 Å². The van der Waals surface area contributed by atoms with E-state index in [-0.39, 0.29) is 17.9 Å². The van der Waals surface area contributed by atoms with Crippen LogP contribution in [0.2, 0.25) is 0 Å². The van der Waals surface area contributed by atoms with Crippen LogP contribution < -0.4 is 10.6 Å². The van der Waals surface area contributed by atoms with E-state index in [0.717, 1.165) is 22.8 Å². The molecule has 1 aromatic heterocycles. The smallest absolute Gasteiger partial charge is 0.250 e. The van der Waals surface area contributed by atoms with Crippen LogP contribution in [0.5, 0.6) is 0 Å². The molecular formula is C20H25N5O2. The molecule has 0 saturated carbocycles. The first-order chi connectivity index (χ1) is 12.9. The van der Waals surface area contributed by atoms with Gasteiger partial charge in [-0.2, -0.15) is 5.10 Å². The number of piperidine rings is 1. The van der Waals surface area contributed by atoms with Gasteiger partial charge in [-0.3, -0.25) is 14.3 Å². The summed E-state index contributed by atoms with van der Waals surface area (Å²) in [6.07, 6.45) is 1.17. The van der Waals surface area contributed by atoms with Crippen molar-refractivity contribution in [1.29, 1.82) is 0 Å². The van der Waals surface area contributed by atoms with Gasteiger partial charge in [0.15, 0.2) is 0 Å². The zero-order chi connectivity index (χ0) is 19.2. The second-order valence-electron chi connectivity index (χ2n) is 7.58. The molecule has 1 fully saturated rings. The number of likely N-dealkylation sites (tertiary alicyclic amines) is 1. The number of para-hydroxylation sites is 2. The lowest BCUT2D eigenvalue weighted by Crippen LogP contribution is -2.59. The van der Waals surface area contributed by atoms with Crippen LogP contribution >= 0.6 is 0 Å². The first kappa shape index (κ1) is 17.6. The zero-order valence-electron chi connectivity index (χ0n) is 16.0. The van der Waals surface area contributed by atoms with E-state index in [1.165, 1.54) is 0 Å². The number of hydrogen-bond donors (Lipinski definition) is 2. The highest BCUT2D eigenvalue weighted by Gasteiger charge is 2.45. The number of fused-ring (bicyclic) bond motifs is 1. The van der Waals surface area contributed by atoms with Gasteiger partial charge in [-0.05, 0) is 51.8 Å². The summed E-state index contributed by atoms with van der Waals surface area (Å²) in [5.74, 6) is 0.0348. The number of aryl methyl sites for hydroxylation is 2. The molecule has 142 valence electrons.